The summed E-state index contributed by atoms with van der Waals surface area (Å²) in [5.74, 6) is 0.985. The van der Waals surface area contributed by atoms with Crippen LogP contribution in [-0.4, -0.2) is 30.9 Å². The zero-order valence-corrected chi connectivity index (χ0v) is 14.4. The van der Waals surface area contributed by atoms with Gasteiger partial charge in [-0.25, -0.2) is 0 Å². The Morgan fingerprint density at radius 3 is 2.84 bits per heavy atom. The van der Waals surface area contributed by atoms with Crippen LogP contribution in [0.15, 0.2) is 42.7 Å². The molecule has 5 nitrogen and oxygen atoms in total. The smallest absolute Gasteiger partial charge is 0.231 e. The van der Waals surface area contributed by atoms with Gasteiger partial charge in [0.1, 0.15) is 0 Å². The second kappa shape index (κ2) is 5.63. The van der Waals surface area contributed by atoms with E-state index in [2.05, 4.69) is 13.5 Å². The molecule has 3 aliphatic rings. The molecule has 0 spiro atoms. The van der Waals surface area contributed by atoms with Gasteiger partial charge in [-0.15, -0.1) is 6.58 Å². The Kier molecular flexibility index (Phi) is 3.65. The number of carbonyl (C=O) groups is 1. The Labute approximate surface area is 146 Å². The van der Waals surface area contributed by atoms with E-state index in [0.29, 0.717) is 23.7 Å². The molecule has 1 aromatic rings. The summed E-state index contributed by atoms with van der Waals surface area (Å²) < 4.78 is 16.2. The van der Waals surface area contributed by atoms with E-state index in [1.165, 1.54) is 7.11 Å². The Bertz CT molecular complexity index is 767. The minimum atomic E-state index is -0.762. The van der Waals surface area contributed by atoms with Gasteiger partial charge in [0.25, 0.3) is 0 Å². The molecule has 0 radical (unpaired) electrons. The fraction of sp³-hybridized carbons (Fsp3) is 0.450. The predicted molar refractivity (Wildman–Crippen MR) is 91.3 cm³/mol. The number of Topliss-reactive ketones (excluding diaryl/α,β-unsaturated/α-hetero) is 1. The van der Waals surface area contributed by atoms with Crippen LogP contribution in [0.5, 0.6) is 11.5 Å². The second-order valence-corrected chi connectivity index (χ2v) is 7.08. The van der Waals surface area contributed by atoms with Gasteiger partial charge in [0, 0.05) is 11.3 Å². The molecule has 0 aromatic heterocycles. The minimum absolute atomic E-state index is 0.0440. The first-order valence-electron chi connectivity index (χ1n) is 8.53. The third kappa shape index (κ3) is 2.08. The van der Waals surface area contributed by atoms with Gasteiger partial charge in [0.15, 0.2) is 17.3 Å². The van der Waals surface area contributed by atoms with E-state index in [9.17, 15) is 9.90 Å². The Balaban J connectivity index is 1.83. The molecule has 5 heteroatoms. The van der Waals surface area contributed by atoms with Crippen LogP contribution in [0.25, 0.3) is 0 Å². The highest BCUT2D eigenvalue weighted by atomic mass is 16.7. The number of fused-ring (bicyclic) bond motifs is 3. The summed E-state index contributed by atoms with van der Waals surface area (Å²) in [7, 11) is 1.50. The number of ether oxygens (including phenoxy) is 3. The van der Waals surface area contributed by atoms with Crippen LogP contribution >= 0.6 is 0 Å². The van der Waals surface area contributed by atoms with Crippen LogP contribution < -0.4 is 9.47 Å². The SMILES string of the molecule is C=CC[C@]12C=C(OC)C(=O)[C@H]([C@H](c3ccc4c(c3)OCO4)[C@H]1C)[C@H]2O. The lowest BCUT2D eigenvalue weighted by Crippen LogP contribution is -2.42. The third-order valence-electron chi connectivity index (χ3n) is 6.11. The molecule has 5 atom stereocenters. The summed E-state index contributed by atoms with van der Waals surface area (Å²) in [6.45, 7) is 6.14. The van der Waals surface area contributed by atoms with Gasteiger partial charge in [0.2, 0.25) is 12.6 Å². The van der Waals surface area contributed by atoms with Crippen LogP contribution in [-0.2, 0) is 9.53 Å². The number of methoxy groups -OCH3 is 1. The van der Waals surface area contributed by atoms with Gasteiger partial charge < -0.3 is 19.3 Å². The normalized spacial score (nSPS) is 35.5. The number of hydrogen-bond acceptors (Lipinski definition) is 5. The number of ketones is 1. The molecule has 132 valence electrons. The van der Waals surface area contributed by atoms with Crippen molar-refractivity contribution >= 4 is 5.78 Å². The number of rotatable bonds is 4. The van der Waals surface area contributed by atoms with E-state index in [1.54, 1.807) is 6.08 Å². The van der Waals surface area contributed by atoms with Crippen LogP contribution in [0.4, 0.5) is 0 Å². The van der Waals surface area contributed by atoms with Crippen molar-refractivity contribution in [3.05, 3.63) is 48.3 Å². The first kappa shape index (κ1) is 16.2. The minimum Gasteiger partial charge on any atom is -0.493 e. The summed E-state index contributed by atoms with van der Waals surface area (Å²) in [5, 5.41) is 11.0. The van der Waals surface area contributed by atoms with E-state index in [4.69, 9.17) is 14.2 Å². The molecular weight excluding hydrogens is 320 g/mol. The van der Waals surface area contributed by atoms with Gasteiger partial charge >= 0.3 is 0 Å². The molecule has 0 unspecified atom stereocenters. The van der Waals surface area contributed by atoms with Crippen molar-refractivity contribution in [3.8, 4) is 11.5 Å². The molecule has 1 heterocycles. The van der Waals surface area contributed by atoms with Gasteiger partial charge in [-0.3, -0.25) is 4.79 Å². The Morgan fingerprint density at radius 1 is 1.36 bits per heavy atom. The lowest BCUT2D eigenvalue weighted by molar-refractivity contribution is -0.128. The molecule has 0 amide bonds. The highest BCUT2D eigenvalue weighted by molar-refractivity contribution is 5.98. The van der Waals surface area contributed by atoms with Crippen LogP contribution in [0.1, 0.15) is 24.8 Å². The zero-order valence-electron chi connectivity index (χ0n) is 14.4. The molecule has 2 aliphatic carbocycles. The molecule has 1 saturated carbocycles. The van der Waals surface area contributed by atoms with Gasteiger partial charge in [-0.1, -0.05) is 19.1 Å². The average molecular weight is 342 g/mol. The second-order valence-electron chi connectivity index (χ2n) is 7.08. The fourth-order valence-electron chi connectivity index (χ4n) is 4.84. The Hall–Kier alpha value is -2.27. The molecule has 4 rings (SSSR count). The fourth-order valence-corrected chi connectivity index (χ4v) is 4.84. The Morgan fingerprint density at radius 2 is 2.12 bits per heavy atom. The van der Waals surface area contributed by atoms with Gasteiger partial charge in [0.05, 0.1) is 19.1 Å². The lowest BCUT2D eigenvalue weighted by Gasteiger charge is -2.36. The molecular formula is C20H22O5. The highest BCUT2D eigenvalue weighted by Crippen LogP contribution is 2.61. The third-order valence-corrected chi connectivity index (χ3v) is 6.11. The maximum Gasteiger partial charge on any atom is 0.231 e. The van der Waals surface area contributed by atoms with Crippen LogP contribution in [0.3, 0.4) is 0 Å². The van der Waals surface area contributed by atoms with E-state index in [-0.39, 0.29) is 24.4 Å². The summed E-state index contributed by atoms with van der Waals surface area (Å²) in [6, 6.07) is 5.76. The largest absolute Gasteiger partial charge is 0.493 e. The summed E-state index contributed by atoms with van der Waals surface area (Å²) in [5.41, 5.74) is 0.429. The number of aliphatic hydroxyl groups is 1. The van der Waals surface area contributed by atoms with Crippen molar-refractivity contribution in [2.24, 2.45) is 17.3 Å². The monoisotopic (exact) mass is 342 g/mol. The average Bonchev–Trinajstić information content (AvgIpc) is 3.13. The van der Waals surface area contributed by atoms with Crippen molar-refractivity contribution in [3.63, 3.8) is 0 Å². The van der Waals surface area contributed by atoms with Crippen LogP contribution in [0.2, 0.25) is 0 Å². The summed E-state index contributed by atoms with van der Waals surface area (Å²) in [6.07, 6.45) is 3.45. The molecule has 2 bridgehead atoms. The predicted octanol–water partition coefficient (Wildman–Crippen LogP) is 2.80. The molecule has 25 heavy (non-hydrogen) atoms. The summed E-state index contributed by atoms with van der Waals surface area (Å²) >= 11 is 0. The maximum absolute atomic E-state index is 12.9. The van der Waals surface area contributed by atoms with E-state index in [1.807, 2.05) is 24.3 Å². The molecule has 1 N–H and O–H groups in total. The number of carbonyl (C=O) groups excluding carboxylic acids is 1. The molecule has 1 aliphatic heterocycles. The maximum atomic E-state index is 12.9. The van der Waals surface area contributed by atoms with E-state index < -0.39 is 17.4 Å². The summed E-state index contributed by atoms with van der Waals surface area (Å²) in [4.78, 5) is 12.9. The van der Waals surface area contributed by atoms with E-state index >= 15 is 0 Å². The lowest BCUT2D eigenvalue weighted by atomic mass is 9.70. The zero-order chi connectivity index (χ0) is 17.8. The quantitative estimate of drug-likeness (QED) is 0.853. The van der Waals surface area contributed by atoms with Crippen molar-refractivity contribution in [1.29, 1.82) is 0 Å². The topological polar surface area (TPSA) is 65.0 Å². The first-order valence-corrected chi connectivity index (χ1v) is 8.53. The number of hydrogen-bond donors (Lipinski definition) is 1. The van der Waals surface area contributed by atoms with Gasteiger partial charge in [-0.05, 0) is 36.1 Å². The van der Waals surface area contributed by atoms with Gasteiger partial charge in [-0.2, -0.15) is 0 Å². The molecule has 1 fully saturated rings. The number of aliphatic hydroxyl groups excluding tert-OH is 1. The molecule has 1 aromatic carbocycles. The van der Waals surface area contributed by atoms with E-state index in [0.717, 1.165) is 5.56 Å². The highest BCUT2D eigenvalue weighted by Gasteiger charge is 2.62. The van der Waals surface area contributed by atoms with Crippen molar-refractivity contribution in [2.45, 2.75) is 25.4 Å². The number of allylic oxidation sites excluding steroid dienone is 2. The first-order chi connectivity index (χ1) is 12.0. The van der Waals surface area contributed by atoms with Crippen LogP contribution in [0, 0.1) is 17.3 Å². The van der Waals surface area contributed by atoms with Crippen molar-refractivity contribution < 1.29 is 24.1 Å². The van der Waals surface area contributed by atoms with Crippen molar-refractivity contribution in [2.75, 3.05) is 13.9 Å². The molecule has 0 saturated heterocycles. The standard InChI is InChI=1S/C20H22O5/c1-4-7-20-9-15(23-3)18(21)17(19(20)22)16(11(20)2)12-5-6-13-14(8-12)25-10-24-13/h4-6,8-9,11,16-17,19,22H,1,7,10H2,2-3H3/t11-,16+,17+,19-,20+/m1/s1. The van der Waals surface area contributed by atoms with Crippen molar-refractivity contribution in [1.82, 2.24) is 0 Å². The number of benzene rings is 1.